The first-order valence-corrected chi connectivity index (χ1v) is 9.52. The molecule has 3 rings (SSSR count). The molecule has 1 aliphatic rings. The summed E-state index contributed by atoms with van der Waals surface area (Å²) >= 11 is 0. The van der Waals surface area contributed by atoms with Crippen LogP contribution in [-0.4, -0.2) is 57.9 Å². The number of amides is 2. The van der Waals surface area contributed by atoms with Crippen LogP contribution >= 0.6 is 0 Å². The SMILES string of the molecule is C=NN1CCC(NC(=O)c2nn(-c3ccccc3)c(C)cc2=O)C(=O)N(C)/C1=C/C. The minimum atomic E-state index is -0.822. The second-order valence-electron chi connectivity index (χ2n) is 6.87. The first-order chi connectivity index (χ1) is 14.4. The predicted octanol–water partition coefficient (Wildman–Crippen LogP) is 1.28. The van der Waals surface area contributed by atoms with Crippen molar-refractivity contribution in [1.29, 1.82) is 0 Å². The van der Waals surface area contributed by atoms with Crippen LogP contribution < -0.4 is 10.7 Å². The van der Waals surface area contributed by atoms with Crippen LogP contribution in [0, 0.1) is 6.92 Å². The van der Waals surface area contributed by atoms with Crippen LogP contribution in [0.2, 0.25) is 0 Å². The van der Waals surface area contributed by atoms with E-state index in [-0.39, 0.29) is 11.6 Å². The number of nitrogens with one attached hydrogen (secondary N) is 1. The summed E-state index contributed by atoms with van der Waals surface area (Å²) < 4.78 is 1.53. The molecule has 1 atom stereocenters. The Bertz CT molecular complexity index is 1060. The zero-order valence-corrected chi connectivity index (χ0v) is 17.2. The van der Waals surface area contributed by atoms with Gasteiger partial charge in [0.05, 0.1) is 5.69 Å². The average molecular weight is 408 g/mol. The number of nitrogens with zero attached hydrogens (tertiary/aromatic N) is 5. The molecule has 156 valence electrons. The monoisotopic (exact) mass is 408 g/mol. The molecule has 2 heterocycles. The number of hydrazone groups is 1. The van der Waals surface area contributed by atoms with Gasteiger partial charge in [-0.25, -0.2) is 4.68 Å². The largest absolute Gasteiger partial charge is 0.339 e. The molecule has 1 N–H and O–H groups in total. The zero-order chi connectivity index (χ0) is 21.8. The van der Waals surface area contributed by atoms with Crippen molar-refractivity contribution in [3.05, 3.63) is 69.9 Å². The van der Waals surface area contributed by atoms with E-state index in [4.69, 9.17) is 0 Å². The Morgan fingerprint density at radius 1 is 1.30 bits per heavy atom. The van der Waals surface area contributed by atoms with E-state index in [2.05, 4.69) is 22.2 Å². The summed E-state index contributed by atoms with van der Waals surface area (Å²) in [4.78, 5) is 39.6. The van der Waals surface area contributed by atoms with Gasteiger partial charge in [-0.1, -0.05) is 18.2 Å². The number of carbonyl (C=O) groups is 2. The fraction of sp³-hybridized carbons (Fsp3) is 0.286. The summed E-state index contributed by atoms with van der Waals surface area (Å²) in [7, 11) is 1.60. The van der Waals surface area contributed by atoms with Crippen LogP contribution in [0.4, 0.5) is 0 Å². The number of benzene rings is 1. The molecule has 2 amide bonds. The first-order valence-electron chi connectivity index (χ1n) is 9.52. The smallest absolute Gasteiger partial charge is 0.276 e. The normalized spacial score (nSPS) is 18.3. The Labute approximate surface area is 174 Å². The van der Waals surface area contributed by atoms with Gasteiger partial charge in [-0.05, 0) is 38.5 Å². The molecule has 1 saturated heterocycles. The van der Waals surface area contributed by atoms with E-state index in [1.165, 1.54) is 15.6 Å². The quantitative estimate of drug-likeness (QED) is 0.769. The Kier molecular flexibility index (Phi) is 6.10. The highest BCUT2D eigenvalue weighted by Gasteiger charge is 2.32. The summed E-state index contributed by atoms with van der Waals surface area (Å²) in [6.45, 7) is 7.45. The molecule has 30 heavy (non-hydrogen) atoms. The lowest BCUT2D eigenvalue weighted by Gasteiger charge is -2.25. The van der Waals surface area contributed by atoms with Gasteiger partial charge in [0, 0.05) is 32.1 Å². The summed E-state index contributed by atoms with van der Waals surface area (Å²) in [5.41, 5.74) is 0.544. The van der Waals surface area contributed by atoms with Gasteiger partial charge in [0.15, 0.2) is 5.69 Å². The van der Waals surface area contributed by atoms with Crippen LogP contribution in [0.5, 0.6) is 0 Å². The number of aryl methyl sites for hydroxylation is 1. The van der Waals surface area contributed by atoms with Crippen molar-refractivity contribution in [3.8, 4) is 5.69 Å². The number of carbonyl (C=O) groups excluding carboxylic acids is 2. The van der Waals surface area contributed by atoms with E-state index in [9.17, 15) is 14.4 Å². The van der Waals surface area contributed by atoms with E-state index in [1.807, 2.05) is 30.3 Å². The van der Waals surface area contributed by atoms with Crippen LogP contribution in [0.1, 0.15) is 29.5 Å². The fourth-order valence-corrected chi connectivity index (χ4v) is 3.39. The number of aromatic nitrogens is 2. The highest BCUT2D eigenvalue weighted by Crippen LogP contribution is 2.18. The van der Waals surface area contributed by atoms with Gasteiger partial charge in [0.2, 0.25) is 5.43 Å². The van der Waals surface area contributed by atoms with Gasteiger partial charge >= 0.3 is 0 Å². The van der Waals surface area contributed by atoms with Crippen molar-refractivity contribution >= 4 is 18.5 Å². The van der Waals surface area contributed by atoms with Crippen molar-refractivity contribution in [2.75, 3.05) is 13.6 Å². The van der Waals surface area contributed by atoms with E-state index in [1.54, 1.807) is 32.0 Å². The molecule has 0 bridgehead atoms. The summed E-state index contributed by atoms with van der Waals surface area (Å²) in [6, 6.07) is 9.73. The molecule has 1 aromatic heterocycles. The molecule has 0 radical (unpaired) electrons. The lowest BCUT2D eigenvalue weighted by molar-refractivity contribution is -0.130. The molecular formula is C21H24N6O3. The fourth-order valence-electron chi connectivity index (χ4n) is 3.39. The van der Waals surface area contributed by atoms with Crippen molar-refractivity contribution in [3.63, 3.8) is 0 Å². The molecule has 1 aromatic carbocycles. The molecule has 1 fully saturated rings. The van der Waals surface area contributed by atoms with E-state index in [0.717, 1.165) is 5.69 Å². The minimum absolute atomic E-state index is 0.269. The third kappa shape index (κ3) is 4.00. The molecule has 1 aliphatic heterocycles. The second-order valence-corrected chi connectivity index (χ2v) is 6.87. The lowest BCUT2D eigenvalue weighted by Crippen LogP contribution is -2.47. The van der Waals surface area contributed by atoms with Crippen molar-refractivity contribution < 1.29 is 9.59 Å². The van der Waals surface area contributed by atoms with Gasteiger partial charge in [-0.3, -0.25) is 24.3 Å². The van der Waals surface area contributed by atoms with Crippen LogP contribution in [0.25, 0.3) is 5.69 Å². The third-order valence-electron chi connectivity index (χ3n) is 4.92. The Morgan fingerprint density at radius 3 is 2.63 bits per heavy atom. The van der Waals surface area contributed by atoms with Crippen molar-refractivity contribution in [2.24, 2.45) is 5.10 Å². The van der Waals surface area contributed by atoms with E-state index < -0.39 is 17.4 Å². The Morgan fingerprint density at radius 2 is 2.00 bits per heavy atom. The lowest BCUT2D eigenvalue weighted by atomic mass is 10.1. The molecular weight excluding hydrogens is 384 g/mol. The molecule has 0 spiro atoms. The molecule has 1 unspecified atom stereocenters. The predicted molar refractivity (Wildman–Crippen MR) is 113 cm³/mol. The van der Waals surface area contributed by atoms with Crippen molar-refractivity contribution in [1.82, 2.24) is 25.0 Å². The van der Waals surface area contributed by atoms with Gasteiger partial charge in [-0.2, -0.15) is 10.2 Å². The number of hydrogen-bond donors (Lipinski definition) is 1. The van der Waals surface area contributed by atoms with E-state index >= 15 is 0 Å². The number of para-hydroxylation sites is 1. The molecule has 9 nitrogen and oxygen atoms in total. The highest BCUT2D eigenvalue weighted by molar-refractivity contribution is 5.96. The van der Waals surface area contributed by atoms with E-state index in [0.29, 0.717) is 24.5 Å². The number of rotatable bonds is 4. The van der Waals surface area contributed by atoms with Crippen molar-refractivity contribution in [2.45, 2.75) is 26.3 Å². The maximum Gasteiger partial charge on any atom is 0.276 e. The Balaban J connectivity index is 1.90. The standard InChI is InChI=1S/C21H24N6O3/c1-5-18-25(4)21(30)16(11-12-26(18)22-3)23-20(29)19-17(28)13-14(2)27(24-19)15-9-7-6-8-10-15/h5-10,13,16H,3,11-12H2,1-2,4H3,(H,23,29)/b18-5-. The van der Waals surface area contributed by atoms with Crippen LogP contribution in [0.3, 0.4) is 0 Å². The number of likely N-dealkylation sites (N-methyl/N-ethyl adjacent to an activating group) is 1. The molecule has 2 aromatic rings. The zero-order valence-electron chi connectivity index (χ0n) is 17.2. The van der Waals surface area contributed by atoms with Crippen LogP contribution in [-0.2, 0) is 4.79 Å². The molecule has 0 saturated carbocycles. The average Bonchev–Trinajstić information content (AvgIpc) is 2.85. The maximum absolute atomic E-state index is 12.9. The molecule has 9 heteroatoms. The number of hydrogen-bond acceptors (Lipinski definition) is 6. The van der Waals surface area contributed by atoms with Gasteiger partial charge in [0.25, 0.3) is 11.8 Å². The summed E-state index contributed by atoms with van der Waals surface area (Å²) in [6.07, 6.45) is 2.06. The summed E-state index contributed by atoms with van der Waals surface area (Å²) in [5, 5.41) is 12.4. The topological polar surface area (TPSA) is 99.9 Å². The number of allylic oxidation sites excluding steroid dienone is 1. The minimum Gasteiger partial charge on any atom is -0.339 e. The van der Waals surface area contributed by atoms with Gasteiger partial charge < -0.3 is 5.32 Å². The van der Waals surface area contributed by atoms with Crippen LogP contribution in [0.15, 0.2) is 58.2 Å². The summed E-state index contributed by atoms with van der Waals surface area (Å²) in [5.74, 6) is -0.428. The maximum atomic E-state index is 12.9. The Hall–Kier alpha value is -3.75. The second kappa shape index (κ2) is 8.73. The third-order valence-corrected chi connectivity index (χ3v) is 4.92. The first kappa shape index (κ1) is 21.0. The molecule has 0 aliphatic carbocycles. The van der Waals surface area contributed by atoms with Gasteiger partial charge in [-0.15, -0.1) is 0 Å². The van der Waals surface area contributed by atoms with Gasteiger partial charge in [0.1, 0.15) is 11.9 Å². The highest BCUT2D eigenvalue weighted by atomic mass is 16.2.